The van der Waals surface area contributed by atoms with Gasteiger partial charge in [-0.3, -0.25) is 14.4 Å². The molecule has 2 N–H and O–H groups in total. The smallest absolute Gasteiger partial charge is 0.277 e. The minimum absolute atomic E-state index is 0.00874. The molecule has 0 unspecified atom stereocenters. The number of piperidine rings is 1. The fraction of sp³-hybridized carbons (Fsp3) is 0.280. The highest BCUT2D eigenvalue weighted by molar-refractivity contribution is 6.09. The van der Waals surface area contributed by atoms with Crippen molar-refractivity contribution in [3.8, 4) is 11.4 Å². The van der Waals surface area contributed by atoms with Crippen LogP contribution in [-0.2, 0) is 11.2 Å². The fourth-order valence-corrected chi connectivity index (χ4v) is 4.09. The van der Waals surface area contributed by atoms with Gasteiger partial charge in [-0.15, -0.1) is 0 Å². The monoisotopic (exact) mass is 465 g/mol. The van der Waals surface area contributed by atoms with Crippen LogP contribution < -0.4 is 20.3 Å². The van der Waals surface area contributed by atoms with Gasteiger partial charge in [-0.2, -0.15) is 5.10 Å². The first-order chi connectivity index (χ1) is 18.9. The molecular weight excluding hydrogens is 434 g/mol. The molecule has 5 rings (SSSR count). The second-order valence-corrected chi connectivity index (χ2v) is 7.79. The molecule has 174 valence electrons. The number of hydrogen-bond donors (Lipinski definition) is 1. The number of amides is 3. The SMILES string of the molecule is [2H]c1c([2H])c(N2CCCC([2H])([2H])C2=O)c([2H])c([2H])c1N1CCc2c(C(N)=O)nn(-c3ccc(OC)cc3)c2C1=O. The Labute approximate surface area is 205 Å². The predicted molar refractivity (Wildman–Crippen MR) is 127 cm³/mol. The number of methoxy groups -OCH3 is 1. The highest BCUT2D eigenvalue weighted by atomic mass is 16.5. The van der Waals surface area contributed by atoms with Crippen LogP contribution in [0.3, 0.4) is 0 Å². The number of primary amides is 1. The van der Waals surface area contributed by atoms with E-state index in [1.54, 1.807) is 24.3 Å². The number of benzene rings is 2. The Morgan fingerprint density at radius 3 is 2.35 bits per heavy atom. The molecular formula is C25H25N5O4. The number of carbonyl (C=O) groups excluding carboxylic acids is 3. The molecule has 2 aliphatic rings. The van der Waals surface area contributed by atoms with Gasteiger partial charge in [0.2, 0.25) is 5.91 Å². The summed E-state index contributed by atoms with van der Waals surface area (Å²) in [6.07, 6.45) is -1.83. The molecule has 0 atom stereocenters. The van der Waals surface area contributed by atoms with Gasteiger partial charge in [0.25, 0.3) is 11.8 Å². The molecule has 2 aliphatic heterocycles. The summed E-state index contributed by atoms with van der Waals surface area (Å²) < 4.78 is 56.9. The van der Waals surface area contributed by atoms with Crippen LogP contribution in [0.4, 0.5) is 11.4 Å². The Morgan fingerprint density at radius 2 is 1.71 bits per heavy atom. The van der Waals surface area contributed by atoms with Crippen molar-refractivity contribution in [2.45, 2.75) is 25.6 Å². The molecule has 1 saturated heterocycles. The number of nitrogens with zero attached hydrogens (tertiary/aromatic N) is 4. The number of anilines is 2. The first-order valence-electron chi connectivity index (χ1n) is 13.7. The molecule has 34 heavy (non-hydrogen) atoms. The maximum absolute atomic E-state index is 13.9. The molecule has 3 aromatic rings. The van der Waals surface area contributed by atoms with Crippen LogP contribution in [0.25, 0.3) is 5.69 Å². The van der Waals surface area contributed by atoms with E-state index in [9.17, 15) is 14.4 Å². The molecule has 0 spiro atoms. The summed E-state index contributed by atoms with van der Waals surface area (Å²) in [6, 6.07) is 4.29. The van der Waals surface area contributed by atoms with E-state index in [0.717, 1.165) is 9.80 Å². The van der Waals surface area contributed by atoms with Crippen molar-refractivity contribution in [3.63, 3.8) is 0 Å². The quantitative estimate of drug-likeness (QED) is 0.623. The summed E-state index contributed by atoms with van der Waals surface area (Å²) in [6.45, 7) is -0.0428. The maximum Gasteiger partial charge on any atom is 0.277 e. The molecule has 1 aromatic heterocycles. The lowest BCUT2D eigenvalue weighted by Gasteiger charge is -2.29. The second-order valence-electron chi connectivity index (χ2n) is 7.79. The predicted octanol–water partition coefficient (Wildman–Crippen LogP) is 2.70. The van der Waals surface area contributed by atoms with Gasteiger partial charge >= 0.3 is 0 Å². The van der Waals surface area contributed by atoms with E-state index in [1.165, 1.54) is 11.8 Å². The van der Waals surface area contributed by atoms with Gasteiger partial charge < -0.3 is 20.3 Å². The van der Waals surface area contributed by atoms with Crippen LogP contribution in [0, 0.1) is 0 Å². The summed E-state index contributed by atoms with van der Waals surface area (Å²) in [4.78, 5) is 40.9. The Bertz CT molecular complexity index is 1540. The van der Waals surface area contributed by atoms with Crippen LogP contribution in [-0.4, -0.2) is 47.7 Å². The lowest BCUT2D eigenvalue weighted by molar-refractivity contribution is -0.119. The molecule has 9 nitrogen and oxygen atoms in total. The van der Waals surface area contributed by atoms with E-state index in [4.69, 9.17) is 18.7 Å². The molecule has 3 amide bonds. The third kappa shape index (κ3) is 3.68. The van der Waals surface area contributed by atoms with Crippen molar-refractivity contribution in [2.24, 2.45) is 5.73 Å². The number of carbonyl (C=O) groups is 3. The molecule has 0 saturated carbocycles. The van der Waals surface area contributed by atoms with Crippen LogP contribution in [0.15, 0.2) is 48.4 Å². The fourth-order valence-electron chi connectivity index (χ4n) is 4.09. The van der Waals surface area contributed by atoms with E-state index in [0.29, 0.717) is 17.0 Å². The van der Waals surface area contributed by atoms with E-state index < -0.39 is 48.3 Å². The lowest BCUT2D eigenvalue weighted by Crippen LogP contribution is -2.39. The number of ether oxygens (including phenoxy) is 1. The molecule has 9 heteroatoms. The summed E-state index contributed by atoms with van der Waals surface area (Å²) >= 11 is 0. The second kappa shape index (κ2) is 8.66. The zero-order valence-corrected chi connectivity index (χ0v) is 18.3. The molecule has 3 heterocycles. The van der Waals surface area contributed by atoms with Crippen molar-refractivity contribution in [2.75, 3.05) is 30.0 Å². The average Bonchev–Trinajstić information content (AvgIpc) is 3.32. The Morgan fingerprint density at radius 1 is 1.03 bits per heavy atom. The lowest BCUT2D eigenvalue weighted by atomic mass is 10.0. The van der Waals surface area contributed by atoms with Crippen LogP contribution in [0.2, 0.25) is 0 Å². The molecule has 2 aromatic carbocycles. The summed E-state index contributed by atoms with van der Waals surface area (Å²) in [7, 11) is 1.50. The van der Waals surface area contributed by atoms with Crippen molar-refractivity contribution >= 4 is 29.1 Å². The Hall–Kier alpha value is -4.14. The van der Waals surface area contributed by atoms with Gasteiger partial charge in [0.05, 0.1) is 18.3 Å². The standard InChI is InChI=1S/C25H25N5O4/c1-34-19-11-9-18(10-12-19)30-23-20(22(27-30)24(26)32)13-15-29(25(23)33)17-7-5-16(6-8-17)28-14-3-2-4-21(28)31/h5-12H,2-4,13-15H2,1H3,(H2,26,32)/i4D2,5D,6D,7D,8D. The Balaban J connectivity index is 1.62. The van der Waals surface area contributed by atoms with Crippen LogP contribution in [0.1, 0.15) is 54.0 Å². The largest absolute Gasteiger partial charge is 0.497 e. The average molecular weight is 466 g/mol. The van der Waals surface area contributed by atoms with Gasteiger partial charge in [-0.05, 0) is 67.7 Å². The number of aromatic nitrogens is 2. The topological polar surface area (TPSA) is 111 Å². The van der Waals surface area contributed by atoms with E-state index in [2.05, 4.69) is 5.10 Å². The normalized spacial score (nSPS) is 19.9. The number of hydrogen-bond acceptors (Lipinski definition) is 5. The number of fused-ring (bicyclic) bond motifs is 1. The molecule has 0 aliphatic carbocycles. The van der Waals surface area contributed by atoms with Crippen molar-refractivity contribution in [3.05, 3.63) is 65.4 Å². The molecule has 0 radical (unpaired) electrons. The van der Waals surface area contributed by atoms with Crippen molar-refractivity contribution in [1.29, 1.82) is 0 Å². The van der Waals surface area contributed by atoms with Crippen LogP contribution in [0.5, 0.6) is 5.75 Å². The minimum Gasteiger partial charge on any atom is -0.497 e. The highest BCUT2D eigenvalue weighted by Gasteiger charge is 2.34. The third-order valence-electron chi connectivity index (χ3n) is 5.79. The van der Waals surface area contributed by atoms with Gasteiger partial charge in [-0.1, -0.05) is 0 Å². The Kier molecular flexibility index (Phi) is 3.99. The van der Waals surface area contributed by atoms with Gasteiger partial charge in [0, 0.05) is 39.1 Å². The maximum atomic E-state index is 13.9. The summed E-state index contributed by atoms with van der Waals surface area (Å²) in [5, 5.41) is 4.28. The van der Waals surface area contributed by atoms with Gasteiger partial charge in [0.1, 0.15) is 11.4 Å². The summed E-state index contributed by atoms with van der Waals surface area (Å²) in [5.74, 6) is -1.93. The summed E-state index contributed by atoms with van der Waals surface area (Å²) in [5.41, 5.74) is 5.53. The van der Waals surface area contributed by atoms with Gasteiger partial charge in [-0.25, -0.2) is 4.68 Å². The van der Waals surface area contributed by atoms with Gasteiger partial charge in [0.15, 0.2) is 5.69 Å². The zero-order chi connectivity index (χ0) is 29.1. The first kappa shape index (κ1) is 15.7. The molecule has 1 fully saturated rings. The van der Waals surface area contributed by atoms with Crippen molar-refractivity contribution in [1.82, 2.24) is 9.78 Å². The minimum atomic E-state index is -2.20. The van der Waals surface area contributed by atoms with E-state index in [-0.39, 0.29) is 55.1 Å². The highest BCUT2D eigenvalue weighted by Crippen LogP contribution is 2.31. The zero-order valence-electron chi connectivity index (χ0n) is 24.3. The van der Waals surface area contributed by atoms with Crippen molar-refractivity contribution < 1.29 is 27.3 Å². The molecule has 0 bridgehead atoms. The number of nitrogens with two attached hydrogens (primary N) is 1. The first-order valence-corrected chi connectivity index (χ1v) is 10.7. The van der Waals surface area contributed by atoms with Crippen LogP contribution >= 0.6 is 0 Å². The van der Waals surface area contributed by atoms with E-state index >= 15 is 0 Å². The third-order valence-corrected chi connectivity index (χ3v) is 5.79. The van der Waals surface area contributed by atoms with E-state index in [1.807, 2.05) is 0 Å². The number of rotatable bonds is 5.